The summed E-state index contributed by atoms with van der Waals surface area (Å²) in [5.74, 6) is -0.392. The third kappa shape index (κ3) is 6.33. The quantitative estimate of drug-likeness (QED) is 0.430. The van der Waals surface area contributed by atoms with Gasteiger partial charge in [0.05, 0.1) is 11.7 Å². The molecule has 0 atom stereocenters. The van der Waals surface area contributed by atoms with E-state index in [9.17, 15) is 13.6 Å². The molecule has 0 spiro atoms. The number of piperazine rings is 1. The van der Waals surface area contributed by atoms with Crippen LogP contribution in [-0.4, -0.2) is 48.1 Å². The van der Waals surface area contributed by atoms with Crippen LogP contribution in [0.4, 0.5) is 14.6 Å². The number of rotatable bonds is 8. The Hall–Kier alpha value is -3.52. The summed E-state index contributed by atoms with van der Waals surface area (Å²) in [6.45, 7) is 7.22. The molecule has 2 aromatic carbocycles. The standard InChI is InChI=1S/C27H29F2N3O3/c1-19(2)35-27(33)22-8-5-11-30-26(22)32-14-12-31(13-15-32)17-20-6-3-7-21(16-20)34-18-23-24(28)9-4-10-25(23)29/h3-11,16,19H,12-15,17-18H2,1-2H3. The summed E-state index contributed by atoms with van der Waals surface area (Å²) in [7, 11) is 0. The molecule has 8 heteroatoms. The highest BCUT2D eigenvalue weighted by molar-refractivity contribution is 5.94. The number of hydrogen-bond donors (Lipinski definition) is 0. The van der Waals surface area contributed by atoms with Gasteiger partial charge in [0.1, 0.15) is 35.4 Å². The maximum absolute atomic E-state index is 13.9. The van der Waals surface area contributed by atoms with Gasteiger partial charge in [-0.1, -0.05) is 18.2 Å². The SMILES string of the molecule is CC(C)OC(=O)c1cccnc1N1CCN(Cc2cccc(OCc3c(F)cccc3F)c2)CC1. The van der Waals surface area contributed by atoms with Crippen LogP contribution in [0, 0.1) is 11.6 Å². The predicted molar refractivity (Wildman–Crippen MR) is 129 cm³/mol. The molecule has 0 N–H and O–H groups in total. The molecule has 1 fully saturated rings. The first kappa shape index (κ1) is 24.6. The normalized spacial score (nSPS) is 14.3. The first-order valence-corrected chi connectivity index (χ1v) is 11.7. The van der Waals surface area contributed by atoms with Crippen molar-refractivity contribution in [1.29, 1.82) is 0 Å². The van der Waals surface area contributed by atoms with Crippen molar-refractivity contribution in [3.8, 4) is 5.75 Å². The molecule has 1 saturated heterocycles. The largest absolute Gasteiger partial charge is 0.489 e. The number of halogens is 2. The zero-order valence-corrected chi connectivity index (χ0v) is 19.9. The summed E-state index contributed by atoms with van der Waals surface area (Å²) < 4.78 is 38.8. The third-order valence-electron chi connectivity index (χ3n) is 5.77. The summed E-state index contributed by atoms with van der Waals surface area (Å²) in [5, 5.41) is 0. The highest BCUT2D eigenvalue weighted by Gasteiger charge is 2.24. The highest BCUT2D eigenvalue weighted by Crippen LogP contribution is 2.23. The van der Waals surface area contributed by atoms with Gasteiger partial charge in [-0.25, -0.2) is 18.6 Å². The molecule has 6 nitrogen and oxygen atoms in total. The predicted octanol–water partition coefficient (Wildman–Crippen LogP) is 4.83. The summed E-state index contributed by atoms with van der Waals surface area (Å²) in [4.78, 5) is 21.3. The van der Waals surface area contributed by atoms with Crippen LogP contribution in [0.3, 0.4) is 0 Å². The Kier molecular flexibility index (Phi) is 7.92. The number of ether oxygens (including phenoxy) is 2. The van der Waals surface area contributed by atoms with Gasteiger partial charge in [0.25, 0.3) is 0 Å². The van der Waals surface area contributed by atoms with Gasteiger partial charge < -0.3 is 14.4 Å². The second-order valence-electron chi connectivity index (χ2n) is 8.73. The van der Waals surface area contributed by atoms with Crippen LogP contribution in [0.15, 0.2) is 60.8 Å². The van der Waals surface area contributed by atoms with E-state index < -0.39 is 11.6 Å². The number of nitrogens with zero attached hydrogens (tertiary/aromatic N) is 3. The molecule has 2 heterocycles. The number of pyridine rings is 1. The van der Waals surface area contributed by atoms with Crippen molar-refractivity contribution in [3.63, 3.8) is 0 Å². The monoisotopic (exact) mass is 481 g/mol. The lowest BCUT2D eigenvalue weighted by molar-refractivity contribution is 0.0378. The summed E-state index contributed by atoms with van der Waals surface area (Å²) in [5.41, 5.74) is 1.44. The van der Waals surface area contributed by atoms with E-state index in [0.29, 0.717) is 23.7 Å². The van der Waals surface area contributed by atoms with Gasteiger partial charge in [0.2, 0.25) is 0 Å². The van der Waals surface area contributed by atoms with E-state index in [1.54, 1.807) is 24.4 Å². The molecule has 0 aliphatic carbocycles. The second kappa shape index (κ2) is 11.3. The molecule has 1 aromatic heterocycles. The first-order valence-electron chi connectivity index (χ1n) is 11.7. The van der Waals surface area contributed by atoms with Crippen LogP contribution in [-0.2, 0) is 17.9 Å². The van der Waals surface area contributed by atoms with Crippen molar-refractivity contribution >= 4 is 11.8 Å². The van der Waals surface area contributed by atoms with Crippen molar-refractivity contribution in [3.05, 3.63) is 89.1 Å². The molecule has 0 unspecified atom stereocenters. The van der Waals surface area contributed by atoms with E-state index in [0.717, 1.165) is 31.7 Å². The number of carbonyl (C=O) groups is 1. The zero-order valence-electron chi connectivity index (χ0n) is 19.9. The van der Waals surface area contributed by atoms with Crippen molar-refractivity contribution < 1.29 is 23.0 Å². The average molecular weight is 482 g/mol. The lowest BCUT2D eigenvalue weighted by atomic mass is 10.1. The Bertz CT molecular complexity index is 1140. The van der Waals surface area contributed by atoms with E-state index in [-0.39, 0.29) is 24.2 Å². The number of benzene rings is 2. The van der Waals surface area contributed by atoms with Gasteiger partial charge in [-0.05, 0) is 55.8 Å². The van der Waals surface area contributed by atoms with Crippen molar-refractivity contribution in [2.75, 3.05) is 31.1 Å². The molecule has 35 heavy (non-hydrogen) atoms. The van der Waals surface area contributed by atoms with E-state index >= 15 is 0 Å². The molecule has 4 rings (SSSR count). The molecular formula is C27H29F2N3O3. The minimum atomic E-state index is -0.618. The number of hydrogen-bond acceptors (Lipinski definition) is 6. The van der Waals surface area contributed by atoms with Crippen LogP contribution < -0.4 is 9.64 Å². The highest BCUT2D eigenvalue weighted by atomic mass is 19.1. The van der Waals surface area contributed by atoms with E-state index in [4.69, 9.17) is 9.47 Å². The van der Waals surface area contributed by atoms with E-state index in [1.807, 2.05) is 32.0 Å². The third-order valence-corrected chi connectivity index (χ3v) is 5.77. The Labute approximate surface area is 204 Å². The molecular weight excluding hydrogens is 452 g/mol. The summed E-state index contributed by atoms with van der Waals surface area (Å²) >= 11 is 0. The van der Waals surface area contributed by atoms with Crippen molar-refractivity contribution in [1.82, 2.24) is 9.88 Å². The van der Waals surface area contributed by atoms with Gasteiger partial charge in [-0.15, -0.1) is 0 Å². The van der Waals surface area contributed by atoms with Crippen LogP contribution in [0.25, 0.3) is 0 Å². The fourth-order valence-corrected chi connectivity index (χ4v) is 4.02. The number of carbonyl (C=O) groups excluding carboxylic acids is 1. The lowest BCUT2D eigenvalue weighted by Crippen LogP contribution is -2.46. The fourth-order valence-electron chi connectivity index (χ4n) is 4.02. The minimum absolute atomic E-state index is 0.0832. The van der Waals surface area contributed by atoms with Crippen LogP contribution in [0.1, 0.15) is 35.3 Å². The average Bonchev–Trinajstić information content (AvgIpc) is 2.84. The maximum atomic E-state index is 13.9. The Balaban J connectivity index is 1.34. The molecule has 0 amide bonds. The van der Waals surface area contributed by atoms with Crippen LogP contribution in [0.2, 0.25) is 0 Å². The zero-order chi connectivity index (χ0) is 24.8. The molecule has 3 aromatic rings. The van der Waals surface area contributed by atoms with Crippen LogP contribution >= 0.6 is 0 Å². The molecule has 1 aliphatic rings. The Morgan fingerprint density at radius 3 is 2.43 bits per heavy atom. The van der Waals surface area contributed by atoms with E-state index in [2.05, 4.69) is 14.8 Å². The lowest BCUT2D eigenvalue weighted by Gasteiger charge is -2.36. The number of esters is 1. The topological polar surface area (TPSA) is 54.9 Å². The van der Waals surface area contributed by atoms with Crippen LogP contribution in [0.5, 0.6) is 5.75 Å². The fraction of sp³-hybridized carbons (Fsp3) is 0.333. The van der Waals surface area contributed by atoms with Gasteiger partial charge in [-0.2, -0.15) is 0 Å². The van der Waals surface area contributed by atoms with Gasteiger partial charge in [-0.3, -0.25) is 4.90 Å². The van der Waals surface area contributed by atoms with Crippen molar-refractivity contribution in [2.24, 2.45) is 0 Å². The van der Waals surface area contributed by atoms with Crippen molar-refractivity contribution in [2.45, 2.75) is 33.1 Å². The molecule has 1 aliphatic heterocycles. The molecule has 0 bridgehead atoms. The van der Waals surface area contributed by atoms with E-state index in [1.165, 1.54) is 18.2 Å². The molecule has 0 saturated carbocycles. The Morgan fingerprint density at radius 1 is 1.00 bits per heavy atom. The van der Waals surface area contributed by atoms with Gasteiger partial charge in [0.15, 0.2) is 0 Å². The smallest absolute Gasteiger partial charge is 0.342 e. The number of aromatic nitrogens is 1. The molecule has 184 valence electrons. The Morgan fingerprint density at radius 2 is 1.71 bits per heavy atom. The second-order valence-corrected chi connectivity index (χ2v) is 8.73. The van der Waals surface area contributed by atoms with Gasteiger partial charge in [0, 0.05) is 38.9 Å². The maximum Gasteiger partial charge on any atom is 0.342 e. The number of anilines is 1. The summed E-state index contributed by atoms with van der Waals surface area (Å²) in [6.07, 6.45) is 1.49. The minimum Gasteiger partial charge on any atom is -0.489 e. The van der Waals surface area contributed by atoms with Gasteiger partial charge >= 0.3 is 5.97 Å². The first-order chi connectivity index (χ1) is 16.9. The summed E-state index contributed by atoms with van der Waals surface area (Å²) in [6, 6.07) is 14.8. The molecule has 0 radical (unpaired) electrons.